The zero-order valence-electron chi connectivity index (χ0n) is 10.1. The molecule has 0 aliphatic heterocycles. The molecule has 0 saturated carbocycles. The lowest BCUT2D eigenvalue weighted by molar-refractivity contribution is 0.580. The van der Waals surface area contributed by atoms with Crippen molar-refractivity contribution in [3.63, 3.8) is 0 Å². The van der Waals surface area contributed by atoms with Crippen LogP contribution in [-0.2, 0) is 16.6 Å². The molecule has 2 aromatic rings. The molecule has 1 heterocycles. The van der Waals surface area contributed by atoms with Gasteiger partial charge in [0.1, 0.15) is 0 Å². The van der Waals surface area contributed by atoms with Gasteiger partial charge in [0.25, 0.3) is 0 Å². The molecule has 0 radical (unpaired) electrons. The summed E-state index contributed by atoms with van der Waals surface area (Å²) in [4.78, 5) is 13.4. The van der Waals surface area contributed by atoms with Crippen LogP contribution in [0.3, 0.4) is 0 Å². The van der Waals surface area contributed by atoms with Gasteiger partial charge in [0.15, 0.2) is 0 Å². The van der Waals surface area contributed by atoms with Crippen LogP contribution in [0.15, 0.2) is 33.3 Å². The zero-order valence-corrected chi connectivity index (χ0v) is 11.8. The van der Waals surface area contributed by atoms with Gasteiger partial charge in [-0.2, -0.15) is 0 Å². The fourth-order valence-corrected chi connectivity index (χ4v) is 3.31. The van der Waals surface area contributed by atoms with E-state index in [4.69, 9.17) is 5.73 Å². The maximum atomic E-state index is 12.1. The van der Waals surface area contributed by atoms with Gasteiger partial charge in [-0.05, 0) is 30.7 Å². The number of nitrogens with two attached hydrogens (primary N) is 1. The molecule has 0 bridgehead atoms. The van der Waals surface area contributed by atoms with Crippen LogP contribution in [-0.4, -0.2) is 13.4 Å². The highest BCUT2D eigenvalue weighted by Gasteiger charge is 2.15. The Morgan fingerprint density at radius 2 is 2.11 bits per heavy atom. The third-order valence-electron chi connectivity index (χ3n) is 2.41. The summed E-state index contributed by atoms with van der Waals surface area (Å²) in [6, 6.07) is 4.62. The number of anilines is 1. The van der Waals surface area contributed by atoms with Gasteiger partial charge in [-0.15, -0.1) is 0 Å². The molecule has 0 saturated heterocycles. The van der Waals surface area contributed by atoms with Crippen LogP contribution < -0.4 is 15.3 Å². The van der Waals surface area contributed by atoms with Gasteiger partial charge in [-0.1, -0.05) is 11.3 Å². The van der Waals surface area contributed by atoms with E-state index in [0.29, 0.717) is 11.4 Å². The Morgan fingerprint density at radius 1 is 1.37 bits per heavy atom. The number of aromatic nitrogens is 1. The molecule has 0 atom stereocenters. The van der Waals surface area contributed by atoms with E-state index < -0.39 is 10.0 Å². The molecule has 8 heteroatoms. The second kappa shape index (κ2) is 5.16. The summed E-state index contributed by atoms with van der Waals surface area (Å²) < 4.78 is 26.5. The summed E-state index contributed by atoms with van der Waals surface area (Å²) in [7, 11) is -3.64. The first-order valence-electron chi connectivity index (χ1n) is 5.40. The smallest absolute Gasteiger partial charge is 0.304 e. The average molecular weight is 299 g/mol. The van der Waals surface area contributed by atoms with Crippen molar-refractivity contribution in [2.45, 2.75) is 18.4 Å². The Labute approximate surface area is 114 Å². The standard InChI is InChI=1S/C11H13N3O3S2/c1-7-2-8(12)4-10(3-7)19(16,17)13-5-9-6-18-11(15)14-9/h2-4,6,13H,5,12H2,1H3,(H,14,15). The van der Waals surface area contributed by atoms with Gasteiger partial charge in [-0.3, -0.25) is 4.79 Å². The lowest BCUT2D eigenvalue weighted by Crippen LogP contribution is -2.24. The van der Waals surface area contributed by atoms with E-state index in [1.807, 2.05) is 0 Å². The summed E-state index contributed by atoms with van der Waals surface area (Å²) in [5.41, 5.74) is 7.32. The van der Waals surface area contributed by atoms with E-state index in [-0.39, 0.29) is 16.3 Å². The molecule has 2 rings (SSSR count). The Hall–Kier alpha value is -1.64. The molecule has 0 aliphatic carbocycles. The van der Waals surface area contributed by atoms with E-state index in [1.165, 1.54) is 12.1 Å². The summed E-state index contributed by atoms with van der Waals surface area (Å²) >= 11 is 0.990. The van der Waals surface area contributed by atoms with Crippen LogP contribution in [0.5, 0.6) is 0 Å². The number of sulfonamides is 1. The Morgan fingerprint density at radius 3 is 2.68 bits per heavy atom. The summed E-state index contributed by atoms with van der Waals surface area (Å²) in [5, 5.41) is 1.58. The number of rotatable bonds is 4. The Bertz CT molecular complexity index is 726. The van der Waals surface area contributed by atoms with Crippen molar-refractivity contribution in [1.29, 1.82) is 0 Å². The normalized spacial score (nSPS) is 11.6. The third-order valence-corrected chi connectivity index (χ3v) is 4.51. The maximum Gasteiger partial charge on any atom is 0.304 e. The van der Waals surface area contributed by atoms with E-state index >= 15 is 0 Å². The molecule has 0 amide bonds. The highest BCUT2D eigenvalue weighted by Crippen LogP contribution is 2.16. The number of hydrogen-bond acceptors (Lipinski definition) is 5. The third kappa shape index (κ3) is 3.43. The van der Waals surface area contributed by atoms with Crippen molar-refractivity contribution in [3.05, 3.63) is 44.5 Å². The van der Waals surface area contributed by atoms with E-state index in [0.717, 1.165) is 16.9 Å². The highest BCUT2D eigenvalue weighted by molar-refractivity contribution is 7.89. The van der Waals surface area contributed by atoms with Gasteiger partial charge >= 0.3 is 4.87 Å². The first-order chi connectivity index (χ1) is 8.87. The summed E-state index contributed by atoms with van der Waals surface area (Å²) in [5.74, 6) is 0. The molecule has 0 fully saturated rings. The molecule has 1 aromatic carbocycles. The largest absolute Gasteiger partial charge is 0.399 e. The molecule has 1 aromatic heterocycles. The number of benzene rings is 1. The molecule has 0 unspecified atom stereocenters. The van der Waals surface area contributed by atoms with E-state index in [9.17, 15) is 13.2 Å². The van der Waals surface area contributed by atoms with Crippen molar-refractivity contribution in [2.75, 3.05) is 5.73 Å². The molecule has 0 aliphatic rings. The lowest BCUT2D eigenvalue weighted by atomic mass is 10.2. The molecule has 4 N–H and O–H groups in total. The maximum absolute atomic E-state index is 12.1. The predicted octanol–water partition coefficient (Wildman–Crippen LogP) is 0.806. The van der Waals surface area contributed by atoms with Gasteiger partial charge in [0, 0.05) is 16.8 Å². The van der Waals surface area contributed by atoms with Crippen LogP contribution >= 0.6 is 11.3 Å². The topological polar surface area (TPSA) is 105 Å². The number of thiazole rings is 1. The molecule has 0 spiro atoms. The van der Waals surface area contributed by atoms with Crippen LogP contribution in [0.25, 0.3) is 0 Å². The van der Waals surface area contributed by atoms with Crippen LogP contribution in [0.4, 0.5) is 5.69 Å². The van der Waals surface area contributed by atoms with E-state index in [1.54, 1.807) is 18.4 Å². The number of aryl methyl sites for hydroxylation is 1. The fourth-order valence-electron chi connectivity index (χ4n) is 1.59. The molecule has 19 heavy (non-hydrogen) atoms. The average Bonchev–Trinajstić information content (AvgIpc) is 2.71. The number of H-pyrrole nitrogens is 1. The van der Waals surface area contributed by atoms with Gasteiger partial charge in [0.2, 0.25) is 10.0 Å². The summed E-state index contributed by atoms with van der Waals surface area (Å²) in [6.45, 7) is 1.81. The van der Waals surface area contributed by atoms with Crippen LogP contribution in [0.2, 0.25) is 0 Å². The van der Waals surface area contributed by atoms with Crippen LogP contribution in [0, 0.1) is 6.92 Å². The quantitative estimate of drug-likeness (QED) is 0.726. The second-order valence-electron chi connectivity index (χ2n) is 4.08. The SMILES string of the molecule is Cc1cc(N)cc(S(=O)(=O)NCc2csc(=O)[nH]2)c1. The first-order valence-corrected chi connectivity index (χ1v) is 7.76. The molecule has 102 valence electrons. The number of hydrogen-bond donors (Lipinski definition) is 3. The van der Waals surface area contributed by atoms with Gasteiger partial charge in [-0.25, -0.2) is 13.1 Å². The van der Waals surface area contributed by atoms with Gasteiger partial charge in [0.05, 0.1) is 11.4 Å². The minimum atomic E-state index is -3.64. The molecular formula is C11H13N3O3S2. The monoisotopic (exact) mass is 299 g/mol. The highest BCUT2D eigenvalue weighted by atomic mass is 32.2. The van der Waals surface area contributed by atoms with Gasteiger partial charge < -0.3 is 10.7 Å². The van der Waals surface area contributed by atoms with E-state index in [2.05, 4.69) is 9.71 Å². The molecule has 6 nitrogen and oxygen atoms in total. The Kier molecular flexibility index (Phi) is 3.74. The van der Waals surface area contributed by atoms with Crippen molar-refractivity contribution >= 4 is 27.0 Å². The minimum Gasteiger partial charge on any atom is -0.399 e. The second-order valence-corrected chi connectivity index (χ2v) is 6.69. The van der Waals surface area contributed by atoms with Crippen molar-refractivity contribution in [1.82, 2.24) is 9.71 Å². The fraction of sp³-hybridized carbons (Fsp3) is 0.182. The minimum absolute atomic E-state index is 0.0366. The number of nitrogen functional groups attached to an aromatic ring is 1. The molecular weight excluding hydrogens is 286 g/mol. The van der Waals surface area contributed by atoms with Crippen molar-refractivity contribution in [3.8, 4) is 0 Å². The first kappa shape index (κ1) is 13.8. The zero-order chi connectivity index (χ0) is 14.0. The Balaban J connectivity index is 2.20. The van der Waals surface area contributed by atoms with Crippen molar-refractivity contribution < 1.29 is 8.42 Å². The van der Waals surface area contributed by atoms with Crippen molar-refractivity contribution in [2.24, 2.45) is 0 Å². The lowest BCUT2D eigenvalue weighted by Gasteiger charge is -2.07. The number of aromatic amines is 1. The predicted molar refractivity (Wildman–Crippen MR) is 74.6 cm³/mol. The summed E-state index contributed by atoms with van der Waals surface area (Å²) in [6.07, 6.45) is 0. The number of nitrogens with one attached hydrogen (secondary N) is 2. The van der Waals surface area contributed by atoms with Crippen LogP contribution in [0.1, 0.15) is 11.3 Å².